The summed E-state index contributed by atoms with van der Waals surface area (Å²) in [5, 5.41) is 16.3. The number of ether oxygens (including phenoxy) is 2. The molecule has 1 aliphatic carbocycles. The zero-order valence-corrected chi connectivity index (χ0v) is 23.1. The number of hydrogen-bond acceptors (Lipinski definition) is 6. The van der Waals surface area contributed by atoms with Crippen molar-refractivity contribution in [2.75, 3.05) is 38.7 Å². The molecule has 8 nitrogen and oxygen atoms in total. The Morgan fingerprint density at radius 2 is 1.86 bits per heavy atom. The lowest BCUT2D eigenvalue weighted by Crippen LogP contribution is -2.47. The Bertz CT molecular complexity index is 873. The molecule has 2 aliphatic rings. The van der Waals surface area contributed by atoms with E-state index in [9.17, 15) is 14.7 Å². The van der Waals surface area contributed by atoms with Gasteiger partial charge in [-0.25, -0.2) is 0 Å². The predicted molar refractivity (Wildman–Crippen MR) is 146 cm³/mol. The van der Waals surface area contributed by atoms with Crippen LogP contribution in [0.5, 0.6) is 5.75 Å². The Balaban J connectivity index is 1.93. The van der Waals surface area contributed by atoms with Gasteiger partial charge in [0.1, 0.15) is 5.75 Å². The Labute approximate surface area is 222 Å². The van der Waals surface area contributed by atoms with E-state index in [2.05, 4.69) is 17.6 Å². The molecule has 3 rings (SSSR count). The van der Waals surface area contributed by atoms with Gasteiger partial charge in [0.25, 0.3) is 5.91 Å². The molecule has 208 valence electrons. The highest BCUT2D eigenvalue weighted by Gasteiger charge is 2.30. The maximum absolute atomic E-state index is 14.0. The maximum Gasteiger partial charge on any atom is 0.258 e. The molecule has 8 heteroatoms. The van der Waals surface area contributed by atoms with Gasteiger partial charge in [0.2, 0.25) is 5.91 Å². The Morgan fingerprint density at radius 3 is 2.57 bits per heavy atom. The molecule has 1 saturated carbocycles. The summed E-state index contributed by atoms with van der Waals surface area (Å²) >= 11 is 0. The molecular formula is C29H47N3O5. The van der Waals surface area contributed by atoms with Crippen LogP contribution in [-0.2, 0) is 9.53 Å². The van der Waals surface area contributed by atoms with Crippen LogP contribution in [-0.4, -0.2) is 73.4 Å². The number of rotatable bonds is 6. The van der Waals surface area contributed by atoms with E-state index in [0.29, 0.717) is 36.7 Å². The van der Waals surface area contributed by atoms with Crippen LogP contribution in [0, 0.1) is 11.8 Å². The third-order valence-corrected chi connectivity index (χ3v) is 7.70. The topological polar surface area (TPSA) is 100 Å². The quantitative estimate of drug-likeness (QED) is 0.523. The van der Waals surface area contributed by atoms with Crippen LogP contribution < -0.4 is 15.4 Å². The molecular weight excluding hydrogens is 470 g/mol. The average Bonchev–Trinajstić information content (AvgIpc) is 2.90. The van der Waals surface area contributed by atoms with E-state index < -0.39 is 0 Å². The molecule has 0 bridgehead atoms. The van der Waals surface area contributed by atoms with Crippen LogP contribution >= 0.6 is 0 Å². The number of fused-ring (bicyclic) bond motifs is 1. The van der Waals surface area contributed by atoms with E-state index in [1.807, 2.05) is 27.0 Å². The maximum atomic E-state index is 14.0. The predicted octanol–water partition coefficient (Wildman–Crippen LogP) is 4.22. The second-order valence-corrected chi connectivity index (χ2v) is 10.9. The summed E-state index contributed by atoms with van der Waals surface area (Å²) in [4.78, 5) is 28.7. The molecule has 37 heavy (non-hydrogen) atoms. The fraction of sp³-hybridized carbons (Fsp3) is 0.724. The number of likely N-dealkylation sites (N-methyl/N-ethyl adjacent to an activating group) is 1. The molecule has 2 amide bonds. The molecule has 0 aromatic heterocycles. The first-order chi connectivity index (χ1) is 17.8. The normalized spacial score (nSPS) is 25.5. The molecule has 1 aliphatic heterocycles. The lowest BCUT2D eigenvalue weighted by molar-refractivity contribution is -0.120. The minimum absolute atomic E-state index is 0.0172. The van der Waals surface area contributed by atoms with E-state index in [1.54, 1.807) is 17.0 Å². The molecule has 1 heterocycles. The van der Waals surface area contributed by atoms with E-state index in [-0.39, 0.29) is 48.5 Å². The summed E-state index contributed by atoms with van der Waals surface area (Å²) < 4.78 is 12.5. The van der Waals surface area contributed by atoms with Crippen LogP contribution in [0.2, 0.25) is 0 Å². The van der Waals surface area contributed by atoms with Crippen LogP contribution in [0.3, 0.4) is 0 Å². The van der Waals surface area contributed by atoms with E-state index in [0.717, 1.165) is 44.9 Å². The average molecular weight is 518 g/mol. The van der Waals surface area contributed by atoms with E-state index in [4.69, 9.17) is 9.47 Å². The number of anilines is 1. The minimum Gasteiger partial charge on any atom is -0.490 e. The molecule has 0 spiro atoms. The summed E-state index contributed by atoms with van der Waals surface area (Å²) in [6.45, 7) is 7.57. The van der Waals surface area contributed by atoms with Crippen LogP contribution in [0.15, 0.2) is 18.2 Å². The van der Waals surface area contributed by atoms with Crippen molar-refractivity contribution < 1.29 is 24.2 Å². The smallest absolute Gasteiger partial charge is 0.258 e. The number of carbonyl (C=O) groups excluding carboxylic acids is 2. The number of aliphatic hydroxyl groups excluding tert-OH is 1. The summed E-state index contributed by atoms with van der Waals surface area (Å²) in [6, 6.07) is 4.97. The van der Waals surface area contributed by atoms with Gasteiger partial charge in [0.05, 0.1) is 30.4 Å². The molecule has 4 atom stereocenters. The first kappa shape index (κ1) is 29.4. The number of aliphatic hydroxyl groups is 1. The Kier molecular flexibility index (Phi) is 11.7. The first-order valence-corrected chi connectivity index (χ1v) is 14.1. The highest BCUT2D eigenvalue weighted by molar-refractivity contribution is 6.00. The van der Waals surface area contributed by atoms with Crippen molar-refractivity contribution in [2.45, 2.75) is 90.4 Å². The molecule has 0 radical (unpaired) electrons. The van der Waals surface area contributed by atoms with Crippen LogP contribution in [0.25, 0.3) is 0 Å². The highest BCUT2D eigenvalue weighted by Crippen LogP contribution is 2.30. The fourth-order valence-corrected chi connectivity index (χ4v) is 5.30. The van der Waals surface area contributed by atoms with Crippen molar-refractivity contribution in [1.82, 2.24) is 10.2 Å². The molecule has 0 unspecified atom stereocenters. The van der Waals surface area contributed by atoms with Gasteiger partial charge in [0, 0.05) is 37.2 Å². The molecule has 0 saturated heterocycles. The van der Waals surface area contributed by atoms with Crippen LogP contribution in [0.1, 0.15) is 82.5 Å². The van der Waals surface area contributed by atoms with Crippen molar-refractivity contribution in [3.63, 3.8) is 0 Å². The summed E-state index contributed by atoms with van der Waals surface area (Å²) in [5.41, 5.74) is 1.00. The van der Waals surface area contributed by atoms with Crippen molar-refractivity contribution in [1.29, 1.82) is 0 Å². The largest absolute Gasteiger partial charge is 0.490 e. The molecule has 1 aromatic carbocycles. The SMILES string of the molecule is CNC[C@H]1OCCCC[C@@H](C)Oc2ccc(NC(=O)C3CCCCC3)cc2C(=O)N([C@H](C)CO)C[C@@H]1C. The number of nitrogens with zero attached hydrogens (tertiary/aromatic N) is 1. The number of carbonyl (C=O) groups is 2. The third-order valence-electron chi connectivity index (χ3n) is 7.70. The number of nitrogens with one attached hydrogen (secondary N) is 2. The first-order valence-electron chi connectivity index (χ1n) is 14.1. The standard InChI is InChI=1S/C29H47N3O5/c1-20-18-32(21(2)19-33)29(35)25-16-24(31-28(34)23-11-6-5-7-12-23)13-14-26(25)37-22(3)10-8-9-15-36-27(20)17-30-4/h13-14,16,20-23,27,30,33H,5-12,15,17-19H2,1-4H3,(H,31,34)/t20-,21+,22+,27+/m0/s1. The van der Waals surface area contributed by atoms with E-state index in [1.165, 1.54) is 6.42 Å². The second kappa shape index (κ2) is 14.7. The number of hydrogen-bond donors (Lipinski definition) is 3. The monoisotopic (exact) mass is 517 g/mol. The van der Waals surface area contributed by atoms with Gasteiger partial charge in [-0.15, -0.1) is 0 Å². The van der Waals surface area contributed by atoms with Gasteiger partial charge >= 0.3 is 0 Å². The van der Waals surface area contributed by atoms with Crippen LogP contribution in [0.4, 0.5) is 5.69 Å². The zero-order valence-electron chi connectivity index (χ0n) is 23.1. The molecule has 1 aromatic rings. The fourth-order valence-electron chi connectivity index (χ4n) is 5.30. The Morgan fingerprint density at radius 1 is 1.14 bits per heavy atom. The van der Waals surface area contributed by atoms with Crippen molar-refractivity contribution in [2.24, 2.45) is 11.8 Å². The lowest BCUT2D eigenvalue weighted by atomic mass is 9.88. The van der Waals surface area contributed by atoms with Gasteiger partial charge in [-0.05, 0) is 71.2 Å². The molecule has 1 fully saturated rings. The third kappa shape index (κ3) is 8.42. The van der Waals surface area contributed by atoms with E-state index >= 15 is 0 Å². The zero-order chi connectivity index (χ0) is 26.8. The van der Waals surface area contributed by atoms with Gasteiger partial charge in [-0.1, -0.05) is 26.2 Å². The molecule has 3 N–H and O–H groups in total. The van der Waals surface area contributed by atoms with Gasteiger partial charge in [-0.3, -0.25) is 9.59 Å². The van der Waals surface area contributed by atoms with Crippen molar-refractivity contribution in [3.05, 3.63) is 23.8 Å². The highest BCUT2D eigenvalue weighted by atomic mass is 16.5. The van der Waals surface area contributed by atoms with Crippen molar-refractivity contribution in [3.8, 4) is 5.75 Å². The van der Waals surface area contributed by atoms with Gasteiger partial charge in [0.15, 0.2) is 0 Å². The van der Waals surface area contributed by atoms with Gasteiger partial charge < -0.3 is 30.1 Å². The second-order valence-electron chi connectivity index (χ2n) is 10.9. The summed E-state index contributed by atoms with van der Waals surface area (Å²) in [7, 11) is 1.90. The lowest BCUT2D eigenvalue weighted by Gasteiger charge is -2.34. The Hall–Kier alpha value is -2.16. The minimum atomic E-state index is -0.385. The summed E-state index contributed by atoms with van der Waals surface area (Å²) in [6.07, 6.45) is 7.79. The number of amides is 2. The summed E-state index contributed by atoms with van der Waals surface area (Å²) in [5.74, 6) is 0.375. The number of benzene rings is 1. The van der Waals surface area contributed by atoms with Crippen molar-refractivity contribution >= 4 is 17.5 Å². The van der Waals surface area contributed by atoms with Gasteiger partial charge in [-0.2, -0.15) is 0 Å².